The van der Waals surface area contributed by atoms with E-state index in [0.717, 1.165) is 0 Å². The van der Waals surface area contributed by atoms with Crippen LogP contribution in [0.4, 0.5) is 0 Å². The number of carbonyl (C=O) groups is 2. The number of amides is 2. The van der Waals surface area contributed by atoms with Crippen LogP contribution in [0.5, 0.6) is 0 Å². The first-order valence-electron chi connectivity index (χ1n) is 6.78. The summed E-state index contributed by atoms with van der Waals surface area (Å²) in [6.45, 7) is 7.62. The van der Waals surface area contributed by atoms with Gasteiger partial charge in [0.25, 0.3) is 0 Å². The lowest BCUT2D eigenvalue weighted by molar-refractivity contribution is -0.149. The molecule has 1 N–H and O–H groups in total. The third-order valence-corrected chi connectivity index (χ3v) is 3.33. The van der Waals surface area contributed by atoms with Crippen LogP contribution in [0.1, 0.15) is 38.9 Å². The Bertz CT molecular complexity index is 511. The molecule has 0 aliphatic carbocycles. The second kappa shape index (κ2) is 5.60. The standard InChI is InChI=1S/C13H20N4O3/c1-7(2)5-10-13(19)17(8(3)12(18)15-10)6-11-14-9(4)20-16-11/h7-8,10H,5-6H2,1-4H3,(H,15,18). The molecule has 2 unspecified atom stereocenters. The Morgan fingerprint density at radius 1 is 1.40 bits per heavy atom. The molecule has 20 heavy (non-hydrogen) atoms. The fourth-order valence-corrected chi connectivity index (χ4v) is 2.29. The van der Waals surface area contributed by atoms with Crippen LogP contribution in [0.3, 0.4) is 0 Å². The normalized spacial score (nSPS) is 23.4. The van der Waals surface area contributed by atoms with Gasteiger partial charge in [-0.25, -0.2) is 0 Å². The highest BCUT2D eigenvalue weighted by Gasteiger charge is 2.38. The van der Waals surface area contributed by atoms with Crippen LogP contribution in [0, 0.1) is 12.8 Å². The van der Waals surface area contributed by atoms with E-state index in [1.54, 1.807) is 13.8 Å². The van der Waals surface area contributed by atoms with E-state index >= 15 is 0 Å². The van der Waals surface area contributed by atoms with Gasteiger partial charge in [-0.15, -0.1) is 0 Å². The number of nitrogens with one attached hydrogen (secondary N) is 1. The lowest BCUT2D eigenvalue weighted by Gasteiger charge is -2.37. The molecule has 1 saturated heterocycles. The SMILES string of the molecule is Cc1nc(CN2C(=O)C(CC(C)C)NC(=O)C2C)no1. The van der Waals surface area contributed by atoms with E-state index in [9.17, 15) is 9.59 Å². The van der Waals surface area contributed by atoms with Crippen LogP contribution in [0.15, 0.2) is 4.52 Å². The van der Waals surface area contributed by atoms with Crippen molar-refractivity contribution in [1.82, 2.24) is 20.4 Å². The molecule has 2 atom stereocenters. The largest absolute Gasteiger partial charge is 0.343 e. The monoisotopic (exact) mass is 280 g/mol. The number of hydrogen-bond acceptors (Lipinski definition) is 5. The van der Waals surface area contributed by atoms with Crippen molar-refractivity contribution in [1.29, 1.82) is 0 Å². The number of piperazine rings is 1. The van der Waals surface area contributed by atoms with E-state index in [0.29, 0.717) is 24.1 Å². The summed E-state index contributed by atoms with van der Waals surface area (Å²) in [5.41, 5.74) is 0. The first kappa shape index (κ1) is 14.5. The number of aryl methyl sites for hydroxylation is 1. The summed E-state index contributed by atoms with van der Waals surface area (Å²) in [5.74, 6) is 0.955. The van der Waals surface area contributed by atoms with Gasteiger partial charge >= 0.3 is 0 Å². The molecule has 110 valence electrons. The Hall–Kier alpha value is -1.92. The number of nitrogens with zero attached hydrogens (tertiary/aromatic N) is 3. The molecule has 0 radical (unpaired) electrons. The van der Waals surface area contributed by atoms with E-state index < -0.39 is 12.1 Å². The van der Waals surface area contributed by atoms with Gasteiger partial charge in [0, 0.05) is 6.92 Å². The quantitative estimate of drug-likeness (QED) is 0.874. The molecule has 2 heterocycles. The Balaban J connectivity index is 2.15. The Morgan fingerprint density at radius 3 is 2.65 bits per heavy atom. The molecule has 7 heteroatoms. The zero-order valence-electron chi connectivity index (χ0n) is 12.2. The summed E-state index contributed by atoms with van der Waals surface area (Å²) >= 11 is 0. The van der Waals surface area contributed by atoms with E-state index in [1.165, 1.54) is 4.90 Å². The molecule has 0 bridgehead atoms. The van der Waals surface area contributed by atoms with Gasteiger partial charge in [0.1, 0.15) is 12.1 Å². The maximum absolute atomic E-state index is 12.5. The molecule has 0 aromatic carbocycles. The van der Waals surface area contributed by atoms with Gasteiger partial charge in [-0.3, -0.25) is 9.59 Å². The molecule has 1 aliphatic heterocycles. The summed E-state index contributed by atoms with van der Waals surface area (Å²) < 4.78 is 4.90. The maximum atomic E-state index is 12.5. The summed E-state index contributed by atoms with van der Waals surface area (Å²) in [7, 11) is 0. The smallest absolute Gasteiger partial charge is 0.246 e. The van der Waals surface area contributed by atoms with Crippen molar-refractivity contribution in [3.63, 3.8) is 0 Å². The van der Waals surface area contributed by atoms with Gasteiger partial charge in [-0.05, 0) is 19.3 Å². The first-order valence-corrected chi connectivity index (χ1v) is 6.78. The highest BCUT2D eigenvalue weighted by atomic mass is 16.5. The first-order chi connectivity index (χ1) is 9.38. The summed E-state index contributed by atoms with van der Waals surface area (Å²) in [6.07, 6.45) is 0.624. The highest BCUT2D eigenvalue weighted by molar-refractivity contribution is 5.96. The molecule has 1 aromatic rings. The lowest BCUT2D eigenvalue weighted by Crippen LogP contribution is -2.62. The fraction of sp³-hybridized carbons (Fsp3) is 0.692. The van der Waals surface area contributed by atoms with E-state index in [4.69, 9.17) is 4.52 Å². The maximum Gasteiger partial charge on any atom is 0.246 e. The van der Waals surface area contributed by atoms with Gasteiger partial charge in [0.05, 0.1) is 6.54 Å². The van der Waals surface area contributed by atoms with Crippen molar-refractivity contribution in [3.8, 4) is 0 Å². The number of carbonyl (C=O) groups excluding carboxylic acids is 2. The molecule has 0 saturated carbocycles. The second-order valence-electron chi connectivity index (χ2n) is 5.56. The molecular formula is C13H20N4O3. The Kier molecular flexibility index (Phi) is 4.06. The van der Waals surface area contributed by atoms with Crippen LogP contribution >= 0.6 is 0 Å². The highest BCUT2D eigenvalue weighted by Crippen LogP contribution is 2.17. The summed E-state index contributed by atoms with van der Waals surface area (Å²) in [5, 5.41) is 6.55. The van der Waals surface area contributed by atoms with Crippen LogP contribution < -0.4 is 5.32 Å². The second-order valence-corrected chi connectivity index (χ2v) is 5.56. The van der Waals surface area contributed by atoms with Crippen LogP contribution in [0.2, 0.25) is 0 Å². The van der Waals surface area contributed by atoms with Gasteiger partial charge in [-0.2, -0.15) is 4.98 Å². The molecule has 0 spiro atoms. The topological polar surface area (TPSA) is 88.3 Å². The molecule has 7 nitrogen and oxygen atoms in total. The number of rotatable bonds is 4. The predicted octanol–water partition coefficient (Wildman–Crippen LogP) is 0.640. The Labute approximate surface area is 117 Å². The van der Waals surface area contributed by atoms with Crippen molar-refractivity contribution in [2.24, 2.45) is 5.92 Å². The fourth-order valence-electron chi connectivity index (χ4n) is 2.29. The van der Waals surface area contributed by atoms with Gasteiger partial charge < -0.3 is 14.7 Å². The van der Waals surface area contributed by atoms with Crippen molar-refractivity contribution < 1.29 is 14.1 Å². The number of aromatic nitrogens is 2. The van der Waals surface area contributed by atoms with E-state index in [-0.39, 0.29) is 18.4 Å². The third-order valence-electron chi connectivity index (χ3n) is 3.33. The molecule has 1 aliphatic rings. The minimum atomic E-state index is -0.523. The molecule has 2 rings (SSSR count). The molecular weight excluding hydrogens is 260 g/mol. The van der Waals surface area contributed by atoms with Gasteiger partial charge in [0.15, 0.2) is 5.82 Å². The van der Waals surface area contributed by atoms with Crippen LogP contribution in [0.25, 0.3) is 0 Å². The molecule has 1 fully saturated rings. The average Bonchev–Trinajstić information content (AvgIpc) is 2.77. The van der Waals surface area contributed by atoms with Crippen LogP contribution in [-0.2, 0) is 16.1 Å². The molecule has 2 amide bonds. The summed E-state index contributed by atoms with van der Waals surface area (Å²) in [4.78, 5) is 30.0. The minimum Gasteiger partial charge on any atom is -0.343 e. The van der Waals surface area contributed by atoms with Crippen LogP contribution in [-0.4, -0.2) is 38.9 Å². The third kappa shape index (κ3) is 2.97. The van der Waals surface area contributed by atoms with E-state index in [1.807, 2.05) is 13.8 Å². The zero-order valence-corrected chi connectivity index (χ0v) is 12.2. The lowest BCUT2D eigenvalue weighted by atomic mass is 9.99. The summed E-state index contributed by atoms with van der Waals surface area (Å²) in [6, 6.07) is -0.989. The van der Waals surface area contributed by atoms with Crippen molar-refractivity contribution in [2.75, 3.05) is 0 Å². The minimum absolute atomic E-state index is 0.0896. The van der Waals surface area contributed by atoms with Gasteiger partial charge in [0.2, 0.25) is 17.7 Å². The number of hydrogen-bond donors (Lipinski definition) is 1. The zero-order chi connectivity index (χ0) is 14.9. The average molecular weight is 280 g/mol. The van der Waals surface area contributed by atoms with Gasteiger partial charge in [-0.1, -0.05) is 19.0 Å². The van der Waals surface area contributed by atoms with Crippen molar-refractivity contribution >= 4 is 11.8 Å². The Morgan fingerprint density at radius 2 is 2.10 bits per heavy atom. The van der Waals surface area contributed by atoms with Crippen molar-refractivity contribution in [2.45, 2.75) is 52.7 Å². The van der Waals surface area contributed by atoms with Crippen molar-refractivity contribution in [3.05, 3.63) is 11.7 Å². The molecule has 1 aromatic heterocycles. The van der Waals surface area contributed by atoms with E-state index in [2.05, 4.69) is 15.5 Å². The predicted molar refractivity (Wildman–Crippen MR) is 70.4 cm³/mol.